The Balaban J connectivity index is 1.60. The van der Waals surface area contributed by atoms with Crippen molar-refractivity contribution in [2.45, 2.75) is 24.3 Å². The highest BCUT2D eigenvalue weighted by molar-refractivity contribution is 7.89. The molecule has 0 saturated carbocycles. The molecule has 1 aromatic carbocycles. The molecule has 0 atom stereocenters. The van der Waals surface area contributed by atoms with Gasteiger partial charge in [0.2, 0.25) is 15.9 Å². The Kier molecular flexibility index (Phi) is 5.20. The predicted molar refractivity (Wildman–Crippen MR) is 109 cm³/mol. The first-order valence-corrected chi connectivity index (χ1v) is 10.8. The average Bonchev–Trinajstić information content (AvgIpc) is 3.31. The van der Waals surface area contributed by atoms with E-state index in [0.29, 0.717) is 35.0 Å². The van der Waals surface area contributed by atoms with Crippen molar-refractivity contribution in [3.63, 3.8) is 0 Å². The number of carbonyl (C=O) groups is 1. The van der Waals surface area contributed by atoms with E-state index in [9.17, 15) is 13.2 Å². The van der Waals surface area contributed by atoms with Crippen LogP contribution in [0.15, 0.2) is 47.6 Å². The zero-order valence-corrected chi connectivity index (χ0v) is 17.2. The van der Waals surface area contributed by atoms with Crippen molar-refractivity contribution in [2.75, 3.05) is 18.6 Å². The van der Waals surface area contributed by atoms with Gasteiger partial charge in [-0.25, -0.2) is 18.1 Å². The van der Waals surface area contributed by atoms with E-state index in [2.05, 4.69) is 9.71 Å². The Morgan fingerprint density at radius 2 is 2.07 bits per heavy atom. The number of carbonyl (C=O) groups excluding carboxylic acids is 1. The highest BCUT2D eigenvalue weighted by Crippen LogP contribution is 2.31. The van der Waals surface area contributed by atoms with Crippen LogP contribution in [0.4, 0.5) is 5.69 Å². The Labute approximate surface area is 173 Å². The zero-order valence-electron chi connectivity index (χ0n) is 15.6. The maximum absolute atomic E-state index is 13.0. The van der Waals surface area contributed by atoms with Gasteiger partial charge in [0.15, 0.2) is 0 Å². The molecule has 152 valence electrons. The molecule has 1 fully saturated rings. The second-order valence-corrected chi connectivity index (χ2v) is 8.83. The first-order chi connectivity index (χ1) is 13.9. The molecule has 0 unspecified atom stereocenters. The standard InChI is InChI=1S/C19H19ClN4O4S/c1-28-16-6-5-15(24-8-2-3-19(24)25)9-17(16)29(26,27)21-10-14-12-23-11-13(20)4-7-18(23)22-14/h4-7,9,11-12,21H,2-3,8,10H2,1H3. The number of sulfonamides is 1. The number of benzene rings is 1. The highest BCUT2D eigenvalue weighted by atomic mass is 35.5. The van der Waals surface area contributed by atoms with Crippen LogP contribution in [0.5, 0.6) is 5.75 Å². The molecule has 2 aromatic heterocycles. The van der Waals surface area contributed by atoms with Gasteiger partial charge in [-0.1, -0.05) is 11.6 Å². The fourth-order valence-electron chi connectivity index (χ4n) is 3.31. The SMILES string of the molecule is COc1ccc(N2CCCC2=O)cc1S(=O)(=O)NCc1cn2cc(Cl)ccc2n1. The van der Waals surface area contributed by atoms with Crippen molar-refractivity contribution in [1.29, 1.82) is 0 Å². The van der Waals surface area contributed by atoms with Gasteiger partial charge in [-0.15, -0.1) is 0 Å². The molecule has 1 saturated heterocycles. The summed E-state index contributed by atoms with van der Waals surface area (Å²) in [5.41, 5.74) is 1.74. The van der Waals surface area contributed by atoms with Crippen LogP contribution < -0.4 is 14.4 Å². The van der Waals surface area contributed by atoms with E-state index < -0.39 is 10.0 Å². The number of pyridine rings is 1. The molecule has 1 aliphatic heterocycles. The molecule has 8 nitrogen and oxygen atoms in total. The molecule has 1 N–H and O–H groups in total. The second-order valence-electron chi connectivity index (χ2n) is 6.65. The summed E-state index contributed by atoms with van der Waals surface area (Å²) in [5.74, 6) is 0.185. The number of halogens is 1. The summed E-state index contributed by atoms with van der Waals surface area (Å²) in [5, 5.41) is 0.556. The molecule has 0 aliphatic carbocycles. The number of nitrogens with one attached hydrogen (secondary N) is 1. The number of nitrogens with zero attached hydrogens (tertiary/aromatic N) is 3. The molecule has 10 heteroatoms. The van der Waals surface area contributed by atoms with Crippen molar-refractivity contribution < 1.29 is 17.9 Å². The summed E-state index contributed by atoms with van der Waals surface area (Å²) in [6.45, 7) is 0.569. The van der Waals surface area contributed by atoms with Crippen LogP contribution in [0, 0.1) is 0 Å². The number of fused-ring (bicyclic) bond motifs is 1. The average molecular weight is 435 g/mol. The van der Waals surface area contributed by atoms with Gasteiger partial charge < -0.3 is 14.0 Å². The number of aromatic nitrogens is 2. The van der Waals surface area contributed by atoms with Gasteiger partial charge in [-0.2, -0.15) is 0 Å². The first-order valence-electron chi connectivity index (χ1n) is 8.98. The van der Waals surface area contributed by atoms with Crippen molar-refractivity contribution in [3.05, 3.63) is 53.4 Å². The molecule has 0 spiro atoms. The fourth-order valence-corrected chi connectivity index (χ4v) is 4.67. The molecule has 0 radical (unpaired) electrons. The van der Waals surface area contributed by atoms with Crippen LogP contribution >= 0.6 is 11.6 Å². The van der Waals surface area contributed by atoms with Crippen LogP contribution in [0.2, 0.25) is 5.02 Å². The van der Waals surface area contributed by atoms with Gasteiger partial charge in [0, 0.05) is 31.0 Å². The lowest BCUT2D eigenvalue weighted by Gasteiger charge is -2.18. The topological polar surface area (TPSA) is 93.0 Å². The summed E-state index contributed by atoms with van der Waals surface area (Å²) < 4.78 is 35.4. The molecular formula is C19H19ClN4O4S. The van der Waals surface area contributed by atoms with Gasteiger partial charge in [-0.05, 0) is 36.8 Å². The van der Waals surface area contributed by atoms with E-state index in [4.69, 9.17) is 16.3 Å². The molecular weight excluding hydrogens is 416 g/mol. The number of hydrogen-bond acceptors (Lipinski definition) is 5. The summed E-state index contributed by atoms with van der Waals surface area (Å²) in [6, 6.07) is 8.18. The lowest BCUT2D eigenvalue weighted by Crippen LogP contribution is -2.26. The van der Waals surface area contributed by atoms with E-state index in [-0.39, 0.29) is 23.1 Å². The molecule has 0 bridgehead atoms. The van der Waals surface area contributed by atoms with E-state index >= 15 is 0 Å². The monoisotopic (exact) mass is 434 g/mol. The van der Waals surface area contributed by atoms with Crippen molar-refractivity contribution in [1.82, 2.24) is 14.1 Å². The molecule has 3 aromatic rings. The quantitative estimate of drug-likeness (QED) is 0.643. The maximum Gasteiger partial charge on any atom is 0.244 e. The number of rotatable bonds is 6. The van der Waals surface area contributed by atoms with Crippen LogP contribution in [0.25, 0.3) is 5.65 Å². The van der Waals surface area contributed by atoms with Gasteiger partial charge in [0.25, 0.3) is 0 Å². The van der Waals surface area contributed by atoms with Crippen LogP contribution in [0.1, 0.15) is 18.5 Å². The Morgan fingerprint density at radius 1 is 1.24 bits per heavy atom. The zero-order chi connectivity index (χ0) is 20.6. The summed E-state index contributed by atoms with van der Waals surface area (Å²) >= 11 is 5.97. The number of methoxy groups -OCH3 is 1. The number of anilines is 1. The Morgan fingerprint density at radius 3 is 2.79 bits per heavy atom. The highest BCUT2D eigenvalue weighted by Gasteiger charge is 2.26. The Hall–Kier alpha value is -2.62. The van der Waals surface area contributed by atoms with Crippen LogP contribution in [-0.4, -0.2) is 37.4 Å². The number of amides is 1. The second kappa shape index (κ2) is 7.66. The largest absolute Gasteiger partial charge is 0.495 e. The summed E-state index contributed by atoms with van der Waals surface area (Å²) in [7, 11) is -2.50. The molecule has 1 amide bonds. The molecule has 3 heterocycles. The third-order valence-electron chi connectivity index (χ3n) is 4.73. The minimum absolute atomic E-state index is 0.00232. The smallest absolute Gasteiger partial charge is 0.244 e. The minimum atomic E-state index is -3.90. The van der Waals surface area contributed by atoms with Crippen molar-refractivity contribution >= 4 is 38.9 Å². The van der Waals surface area contributed by atoms with E-state index in [1.54, 1.807) is 46.0 Å². The maximum atomic E-state index is 13.0. The minimum Gasteiger partial charge on any atom is -0.495 e. The number of hydrogen-bond donors (Lipinski definition) is 1. The van der Waals surface area contributed by atoms with Crippen molar-refractivity contribution in [2.24, 2.45) is 0 Å². The number of ether oxygens (including phenoxy) is 1. The lowest BCUT2D eigenvalue weighted by molar-refractivity contribution is -0.117. The summed E-state index contributed by atoms with van der Waals surface area (Å²) in [6.07, 6.45) is 4.62. The lowest BCUT2D eigenvalue weighted by atomic mass is 10.3. The molecule has 29 heavy (non-hydrogen) atoms. The fraction of sp³-hybridized carbons (Fsp3) is 0.263. The van der Waals surface area contributed by atoms with Crippen LogP contribution in [-0.2, 0) is 21.4 Å². The Bertz CT molecular complexity index is 1190. The third-order valence-corrected chi connectivity index (χ3v) is 6.38. The van der Waals surface area contributed by atoms with Gasteiger partial charge >= 0.3 is 0 Å². The molecule has 4 rings (SSSR count). The van der Waals surface area contributed by atoms with E-state index in [1.807, 2.05) is 0 Å². The normalized spacial score (nSPS) is 14.7. The predicted octanol–water partition coefficient (Wildman–Crippen LogP) is 2.60. The van der Waals surface area contributed by atoms with Gasteiger partial charge in [-0.3, -0.25) is 4.79 Å². The summed E-state index contributed by atoms with van der Waals surface area (Å²) in [4.78, 5) is 18.0. The third kappa shape index (κ3) is 3.93. The first kappa shape index (κ1) is 19.7. The van der Waals surface area contributed by atoms with Crippen molar-refractivity contribution in [3.8, 4) is 5.75 Å². The van der Waals surface area contributed by atoms with E-state index in [1.165, 1.54) is 13.2 Å². The van der Waals surface area contributed by atoms with E-state index in [0.717, 1.165) is 6.42 Å². The van der Waals surface area contributed by atoms with Crippen LogP contribution in [0.3, 0.4) is 0 Å². The van der Waals surface area contributed by atoms with Gasteiger partial charge in [0.1, 0.15) is 16.3 Å². The van der Waals surface area contributed by atoms with Gasteiger partial charge in [0.05, 0.1) is 24.4 Å². The molecule has 1 aliphatic rings. The number of imidazole rings is 1.